The first-order chi connectivity index (χ1) is 7.04. The van der Waals surface area contributed by atoms with E-state index in [0.717, 1.165) is 11.7 Å². The molecule has 82 valence electrons. The SMILES string of the molecule is CC(C)(N)Cc1ccccc1SC1CC1. The molecule has 0 radical (unpaired) electrons. The molecule has 15 heavy (non-hydrogen) atoms. The molecule has 0 unspecified atom stereocenters. The van der Waals surface area contributed by atoms with Gasteiger partial charge in [0.15, 0.2) is 0 Å². The van der Waals surface area contributed by atoms with Crippen LogP contribution in [0.25, 0.3) is 0 Å². The summed E-state index contributed by atoms with van der Waals surface area (Å²) >= 11 is 2.02. The summed E-state index contributed by atoms with van der Waals surface area (Å²) in [5.41, 5.74) is 7.37. The zero-order valence-corrected chi connectivity index (χ0v) is 10.3. The summed E-state index contributed by atoms with van der Waals surface area (Å²) < 4.78 is 0. The van der Waals surface area contributed by atoms with Crippen molar-refractivity contribution >= 4 is 11.8 Å². The van der Waals surface area contributed by atoms with Gasteiger partial charge in [0.25, 0.3) is 0 Å². The average molecular weight is 221 g/mol. The van der Waals surface area contributed by atoms with Gasteiger partial charge in [-0.05, 0) is 44.7 Å². The fourth-order valence-electron chi connectivity index (χ4n) is 1.62. The Morgan fingerprint density at radius 3 is 2.60 bits per heavy atom. The number of benzene rings is 1. The van der Waals surface area contributed by atoms with Gasteiger partial charge in [-0.2, -0.15) is 0 Å². The van der Waals surface area contributed by atoms with Crippen LogP contribution in [0.5, 0.6) is 0 Å². The average Bonchev–Trinajstić information content (AvgIpc) is 2.89. The lowest BCUT2D eigenvalue weighted by Crippen LogP contribution is -2.34. The van der Waals surface area contributed by atoms with Crippen LogP contribution in [-0.4, -0.2) is 10.8 Å². The largest absolute Gasteiger partial charge is 0.325 e. The smallest absolute Gasteiger partial charge is 0.0138 e. The molecule has 1 fully saturated rings. The zero-order valence-electron chi connectivity index (χ0n) is 9.49. The summed E-state index contributed by atoms with van der Waals surface area (Å²) in [5.74, 6) is 0. The van der Waals surface area contributed by atoms with Gasteiger partial charge in [0.2, 0.25) is 0 Å². The van der Waals surface area contributed by atoms with Crippen molar-refractivity contribution in [2.75, 3.05) is 0 Å². The summed E-state index contributed by atoms with van der Waals surface area (Å²) in [6.45, 7) is 4.18. The lowest BCUT2D eigenvalue weighted by molar-refractivity contribution is 0.513. The molecule has 0 atom stereocenters. The molecule has 2 N–H and O–H groups in total. The van der Waals surface area contributed by atoms with Crippen LogP contribution in [-0.2, 0) is 6.42 Å². The van der Waals surface area contributed by atoms with Crippen LogP contribution in [0.2, 0.25) is 0 Å². The van der Waals surface area contributed by atoms with E-state index in [1.165, 1.54) is 23.3 Å². The molecule has 0 aliphatic heterocycles. The minimum absolute atomic E-state index is 0.111. The second-order valence-corrected chi connectivity index (χ2v) is 6.43. The Hall–Kier alpha value is -0.470. The first-order valence-electron chi connectivity index (χ1n) is 5.58. The van der Waals surface area contributed by atoms with Gasteiger partial charge in [-0.3, -0.25) is 0 Å². The second-order valence-electron chi connectivity index (χ2n) is 5.09. The maximum absolute atomic E-state index is 6.07. The molecule has 2 heteroatoms. The molecule has 0 aromatic heterocycles. The van der Waals surface area contributed by atoms with Crippen molar-refractivity contribution in [1.82, 2.24) is 0 Å². The third kappa shape index (κ3) is 3.54. The highest BCUT2D eigenvalue weighted by molar-refractivity contribution is 8.00. The molecule has 1 aliphatic rings. The predicted octanol–water partition coefficient (Wildman–Crippen LogP) is 3.22. The lowest BCUT2D eigenvalue weighted by Gasteiger charge is -2.20. The quantitative estimate of drug-likeness (QED) is 0.845. The molecule has 0 bridgehead atoms. The van der Waals surface area contributed by atoms with Crippen molar-refractivity contribution in [3.63, 3.8) is 0 Å². The minimum atomic E-state index is -0.111. The molecule has 1 saturated carbocycles. The van der Waals surface area contributed by atoms with E-state index in [1.807, 2.05) is 11.8 Å². The standard InChI is InChI=1S/C13H19NS/c1-13(2,14)9-10-5-3-4-6-12(10)15-11-7-8-11/h3-6,11H,7-9,14H2,1-2H3. The van der Waals surface area contributed by atoms with Crippen LogP contribution in [0, 0.1) is 0 Å². The molecule has 1 aliphatic carbocycles. The molecule has 0 spiro atoms. The first-order valence-corrected chi connectivity index (χ1v) is 6.46. The van der Waals surface area contributed by atoms with Gasteiger partial charge in [-0.1, -0.05) is 18.2 Å². The zero-order chi connectivity index (χ0) is 10.9. The molecular weight excluding hydrogens is 202 g/mol. The Bertz CT molecular complexity index is 337. The van der Waals surface area contributed by atoms with Crippen LogP contribution in [0.15, 0.2) is 29.2 Å². The van der Waals surface area contributed by atoms with Crippen LogP contribution in [0.3, 0.4) is 0 Å². The van der Waals surface area contributed by atoms with Crippen LogP contribution in [0.4, 0.5) is 0 Å². The molecular formula is C13H19NS. The van der Waals surface area contributed by atoms with Crippen LogP contribution < -0.4 is 5.73 Å². The highest BCUT2D eigenvalue weighted by Crippen LogP contribution is 2.40. The van der Waals surface area contributed by atoms with E-state index in [-0.39, 0.29) is 5.54 Å². The van der Waals surface area contributed by atoms with Crippen LogP contribution >= 0.6 is 11.8 Å². The second kappa shape index (κ2) is 4.18. The Morgan fingerprint density at radius 2 is 2.00 bits per heavy atom. The van der Waals surface area contributed by atoms with Gasteiger partial charge < -0.3 is 5.73 Å². The number of nitrogens with two attached hydrogens (primary N) is 1. The van der Waals surface area contributed by atoms with E-state index in [2.05, 4.69) is 38.1 Å². The normalized spacial score (nSPS) is 16.7. The number of rotatable bonds is 4. The van der Waals surface area contributed by atoms with E-state index in [9.17, 15) is 0 Å². The van der Waals surface area contributed by atoms with E-state index in [4.69, 9.17) is 5.73 Å². The lowest BCUT2D eigenvalue weighted by atomic mass is 9.96. The molecule has 0 heterocycles. The first kappa shape index (κ1) is 11.0. The van der Waals surface area contributed by atoms with Crippen molar-refractivity contribution in [2.24, 2.45) is 5.73 Å². The van der Waals surface area contributed by atoms with E-state index < -0.39 is 0 Å². The van der Waals surface area contributed by atoms with Gasteiger partial charge >= 0.3 is 0 Å². The number of hydrogen-bond acceptors (Lipinski definition) is 2. The van der Waals surface area contributed by atoms with Gasteiger partial charge in [0, 0.05) is 15.7 Å². The highest BCUT2D eigenvalue weighted by Gasteiger charge is 2.24. The Balaban J connectivity index is 2.13. The highest BCUT2D eigenvalue weighted by atomic mass is 32.2. The fraction of sp³-hybridized carbons (Fsp3) is 0.538. The van der Waals surface area contributed by atoms with Gasteiger partial charge in [-0.25, -0.2) is 0 Å². The summed E-state index contributed by atoms with van der Waals surface area (Å²) in [7, 11) is 0. The Morgan fingerprint density at radius 1 is 1.33 bits per heavy atom. The maximum atomic E-state index is 6.07. The molecule has 1 aromatic carbocycles. The Labute approximate surface area is 96.4 Å². The number of thioether (sulfide) groups is 1. The fourth-order valence-corrected chi connectivity index (χ4v) is 2.80. The molecule has 1 aromatic rings. The molecule has 0 saturated heterocycles. The third-order valence-electron chi connectivity index (χ3n) is 2.44. The maximum Gasteiger partial charge on any atom is 0.0138 e. The minimum Gasteiger partial charge on any atom is -0.325 e. The van der Waals surface area contributed by atoms with Gasteiger partial charge in [0.1, 0.15) is 0 Å². The van der Waals surface area contributed by atoms with Crippen molar-refractivity contribution in [2.45, 2.75) is 48.8 Å². The van der Waals surface area contributed by atoms with Gasteiger partial charge in [0.05, 0.1) is 0 Å². The van der Waals surface area contributed by atoms with E-state index in [0.29, 0.717) is 0 Å². The Kier molecular flexibility index (Phi) is 3.08. The van der Waals surface area contributed by atoms with Gasteiger partial charge in [-0.15, -0.1) is 11.8 Å². The third-order valence-corrected chi connectivity index (χ3v) is 3.89. The molecule has 0 amide bonds. The molecule has 1 nitrogen and oxygen atoms in total. The van der Waals surface area contributed by atoms with E-state index >= 15 is 0 Å². The summed E-state index contributed by atoms with van der Waals surface area (Å²) in [6.07, 6.45) is 3.72. The van der Waals surface area contributed by atoms with E-state index in [1.54, 1.807) is 0 Å². The monoisotopic (exact) mass is 221 g/mol. The van der Waals surface area contributed by atoms with Crippen molar-refractivity contribution in [1.29, 1.82) is 0 Å². The van der Waals surface area contributed by atoms with Crippen molar-refractivity contribution < 1.29 is 0 Å². The predicted molar refractivity (Wildman–Crippen MR) is 67.3 cm³/mol. The summed E-state index contributed by atoms with van der Waals surface area (Å²) in [5, 5.41) is 0.868. The molecule has 2 rings (SSSR count). The van der Waals surface area contributed by atoms with Crippen LogP contribution in [0.1, 0.15) is 32.3 Å². The number of hydrogen-bond donors (Lipinski definition) is 1. The summed E-state index contributed by atoms with van der Waals surface area (Å²) in [4.78, 5) is 1.43. The summed E-state index contributed by atoms with van der Waals surface area (Å²) in [6, 6.07) is 8.67. The van der Waals surface area contributed by atoms with Crippen molar-refractivity contribution in [3.8, 4) is 0 Å². The van der Waals surface area contributed by atoms with Crippen molar-refractivity contribution in [3.05, 3.63) is 29.8 Å². The topological polar surface area (TPSA) is 26.0 Å².